The number of benzene rings is 1. The van der Waals surface area contributed by atoms with Gasteiger partial charge >= 0.3 is 0 Å². The van der Waals surface area contributed by atoms with Crippen molar-refractivity contribution in [2.75, 3.05) is 0 Å². The van der Waals surface area contributed by atoms with E-state index in [0.29, 0.717) is 18.7 Å². The highest BCUT2D eigenvalue weighted by atomic mass is 32.1. The van der Waals surface area contributed by atoms with Crippen LogP contribution in [0.5, 0.6) is 0 Å². The first-order valence-corrected chi connectivity index (χ1v) is 8.38. The van der Waals surface area contributed by atoms with Crippen LogP contribution in [0.25, 0.3) is 0 Å². The smallest absolute Gasteiger partial charge is 0.256 e. The van der Waals surface area contributed by atoms with Gasteiger partial charge in [-0.15, -0.1) is 11.3 Å². The maximum atomic E-state index is 12.4. The highest BCUT2D eigenvalue weighted by molar-refractivity contribution is 7.09. The number of aromatic nitrogens is 2. The van der Waals surface area contributed by atoms with Gasteiger partial charge in [0.2, 0.25) is 0 Å². The van der Waals surface area contributed by atoms with Gasteiger partial charge < -0.3 is 4.90 Å². The minimum absolute atomic E-state index is 0.0470. The van der Waals surface area contributed by atoms with Gasteiger partial charge in [0.1, 0.15) is 0 Å². The van der Waals surface area contributed by atoms with Crippen molar-refractivity contribution >= 4 is 17.2 Å². The van der Waals surface area contributed by atoms with Crippen molar-refractivity contribution < 1.29 is 4.79 Å². The molecule has 1 aliphatic heterocycles. The molecule has 4 nitrogen and oxygen atoms in total. The molecule has 5 heteroatoms. The number of hydrogen-bond acceptors (Lipinski definition) is 4. The predicted octanol–water partition coefficient (Wildman–Crippen LogP) is 3.28. The summed E-state index contributed by atoms with van der Waals surface area (Å²) in [6.45, 7) is 1.11. The number of pyridine rings is 1. The molecule has 3 aromatic rings. The van der Waals surface area contributed by atoms with Crippen LogP contribution in [-0.2, 0) is 19.5 Å². The molecule has 0 fully saturated rings. The molecule has 1 aromatic carbocycles. The SMILES string of the molecule is O=C1c2cccnc2CN1Cc1csc(Cc2ccccc2)n1. The number of rotatable bonds is 4. The Kier molecular flexibility index (Phi) is 3.63. The summed E-state index contributed by atoms with van der Waals surface area (Å²) < 4.78 is 0. The number of thiazole rings is 1. The average Bonchev–Trinajstić information content (AvgIpc) is 3.14. The van der Waals surface area contributed by atoms with Crippen LogP contribution in [0.2, 0.25) is 0 Å². The van der Waals surface area contributed by atoms with E-state index in [1.54, 1.807) is 28.5 Å². The molecule has 0 atom stereocenters. The number of carbonyl (C=O) groups is 1. The quantitative estimate of drug-likeness (QED) is 0.741. The van der Waals surface area contributed by atoms with Crippen molar-refractivity contribution in [3.05, 3.63) is 81.6 Å². The highest BCUT2D eigenvalue weighted by Gasteiger charge is 2.28. The van der Waals surface area contributed by atoms with Gasteiger partial charge in [0.15, 0.2) is 0 Å². The first-order chi connectivity index (χ1) is 11.3. The average molecular weight is 321 g/mol. The van der Waals surface area contributed by atoms with Crippen LogP contribution in [0.3, 0.4) is 0 Å². The van der Waals surface area contributed by atoms with Gasteiger partial charge in [0.25, 0.3) is 5.91 Å². The third-order valence-electron chi connectivity index (χ3n) is 3.90. The summed E-state index contributed by atoms with van der Waals surface area (Å²) in [7, 11) is 0. The Morgan fingerprint density at radius 2 is 2.00 bits per heavy atom. The molecule has 0 spiro atoms. The van der Waals surface area contributed by atoms with E-state index in [1.807, 2.05) is 29.6 Å². The number of hydrogen-bond donors (Lipinski definition) is 0. The number of fused-ring (bicyclic) bond motifs is 1. The Hall–Kier alpha value is -2.53. The summed E-state index contributed by atoms with van der Waals surface area (Å²) in [5.74, 6) is 0.0470. The van der Waals surface area contributed by atoms with Crippen molar-refractivity contribution in [1.82, 2.24) is 14.9 Å². The molecular weight excluding hydrogens is 306 g/mol. The van der Waals surface area contributed by atoms with E-state index < -0.39 is 0 Å². The predicted molar refractivity (Wildman–Crippen MR) is 89.2 cm³/mol. The van der Waals surface area contributed by atoms with Gasteiger partial charge in [-0.05, 0) is 17.7 Å². The molecule has 1 aliphatic rings. The molecule has 0 saturated heterocycles. The Morgan fingerprint density at radius 1 is 1.13 bits per heavy atom. The number of nitrogens with zero attached hydrogens (tertiary/aromatic N) is 3. The van der Waals surface area contributed by atoms with Gasteiger partial charge in [-0.25, -0.2) is 4.98 Å². The van der Waals surface area contributed by atoms with E-state index in [0.717, 1.165) is 22.8 Å². The van der Waals surface area contributed by atoms with E-state index in [4.69, 9.17) is 0 Å². The van der Waals surface area contributed by atoms with Crippen LogP contribution in [0, 0.1) is 0 Å². The summed E-state index contributed by atoms with van der Waals surface area (Å²) >= 11 is 1.65. The third-order valence-corrected chi connectivity index (χ3v) is 4.80. The Balaban J connectivity index is 1.46. The molecule has 0 saturated carbocycles. The Morgan fingerprint density at radius 3 is 2.83 bits per heavy atom. The van der Waals surface area contributed by atoms with Crippen LogP contribution in [0.1, 0.15) is 32.3 Å². The first kappa shape index (κ1) is 14.1. The monoisotopic (exact) mass is 321 g/mol. The van der Waals surface area contributed by atoms with Gasteiger partial charge in [-0.2, -0.15) is 0 Å². The molecule has 3 heterocycles. The summed E-state index contributed by atoms with van der Waals surface area (Å²) in [6, 6.07) is 13.9. The van der Waals surface area contributed by atoms with Crippen LogP contribution < -0.4 is 0 Å². The molecule has 0 N–H and O–H groups in total. The van der Waals surface area contributed by atoms with E-state index >= 15 is 0 Å². The normalized spacial score (nSPS) is 13.4. The fourth-order valence-corrected chi connectivity index (χ4v) is 3.60. The molecular formula is C18H15N3OS. The van der Waals surface area contributed by atoms with E-state index in [2.05, 4.69) is 22.1 Å². The second-order valence-corrected chi connectivity index (χ2v) is 6.50. The highest BCUT2D eigenvalue weighted by Crippen LogP contribution is 2.23. The van der Waals surface area contributed by atoms with Gasteiger partial charge in [-0.1, -0.05) is 30.3 Å². The summed E-state index contributed by atoms with van der Waals surface area (Å²) in [4.78, 5) is 23.1. The first-order valence-electron chi connectivity index (χ1n) is 7.50. The molecule has 1 amide bonds. The lowest BCUT2D eigenvalue weighted by Gasteiger charge is -2.13. The van der Waals surface area contributed by atoms with E-state index in [1.165, 1.54) is 5.56 Å². The zero-order chi connectivity index (χ0) is 15.6. The number of amides is 1. The lowest BCUT2D eigenvalue weighted by Crippen LogP contribution is -2.23. The Bertz CT molecular complexity index is 844. The number of carbonyl (C=O) groups excluding carboxylic acids is 1. The largest absolute Gasteiger partial charge is 0.327 e. The summed E-state index contributed by atoms with van der Waals surface area (Å²) in [6.07, 6.45) is 2.57. The second kappa shape index (κ2) is 5.93. The fourth-order valence-electron chi connectivity index (χ4n) is 2.78. The molecule has 0 radical (unpaired) electrons. The molecule has 0 aliphatic carbocycles. The van der Waals surface area contributed by atoms with Crippen molar-refractivity contribution in [2.45, 2.75) is 19.5 Å². The van der Waals surface area contributed by atoms with Crippen LogP contribution in [0.4, 0.5) is 0 Å². The Labute approximate surface area is 138 Å². The van der Waals surface area contributed by atoms with Crippen LogP contribution >= 0.6 is 11.3 Å². The zero-order valence-corrected chi connectivity index (χ0v) is 13.3. The summed E-state index contributed by atoms with van der Waals surface area (Å²) in [5, 5.41) is 3.12. The molecule has 0 bridgehead atoms. The topological polar surface area (TPSA) is 46.1 Å². The van der Waals surface area contributed by atoms with Crippen LogP contribution in [-0.4, -0.2) is 20.8 Å². The minimum atomic E-state index is 0.0470. The lowest BCUT2D eigenvalue weighted by molar-refractivity contribution is 0.0764. The van der Waals surface area contributed by atoms with Crippen molar-refractivity contribution in [3.63, 3.8) is 0 Å². The van der Waals surface area contributed by atoms with Crippen molar-refractivity contribution in [1.29, 1.82) is 0 Å². The van der Waals surface area contributed by atoms with Gasteiger partial charge in [0, 0.05) is 18.0 Å². The second-order valence-electron chi connectivity index (χ2n) is 5.55. The zero-order valence-electron chi connectivity index (χ0n) is 12.5. The maximum absolute atomic E-state index is 12.4. The molecule has 23 heavy (non-hydrogen) atoms. The van der Waals surface area contributed by atoms with Crippen molar-refractivity contribution in [3.8, 4) is 0 Å². The standard InChI is InChI=1S/C18H15N3OS/c22-18-15-7-4-8-19-16(15)11-21(18)10-14-12-23-17(20-14)9-13-5-2-1-3-6-13/h1-8,12H,9-11H2. The van der Waals surface area contributed by atoms with Gasteiger partial charge in [-0.3, -0.25) is 9.78 Å². The minimum Gasteiger partial charge on any atom is -0.327 e. The lowest BCUT2D eigenvalue weighted by atomic mass is 10.2. The van der Waals surface area contributed by atoms with E-state index in [-0.39, 0.29) is 5.91 Å². The van der Waals surface area contributed by atoms with Crippen molar-refractivity contribution in [2.24, 2.45) is 0 Å². The van der Waals surface area contributed by atoms with Gasteiger partial charge in [0.05, 0.1) is 35.0 Å². The van der Waals surface area contributed by atoms with E-state index in [9.17, 15) is 4.79 Å². The summed E-state index contributed by atoms with van der Waals surface area (Å²) in [5.41, 5.74) is 3.77. The molecule has 4 rings (SSSR count). The molecule has 2 aromatic heterocycles. The fraction of sp³-hybridized carbons (Fsp3) is 0.167. The molecule has 114 valence electrons. The maximum Gasteiger partial charge on any atom is 0.256 e. The molecule has 0 unspecified atom stereocenters. The third kappa shape index (κ3) is 2.87. The van der Waals surface area contributed by atoms with Crippen LogP contribution in [0.15, 0.2) is 54.0 Å².